The summed E-state index contributed by atoms with van der Waals surface area (Å²) in [5.74, 6) is 0.815. The number of nitrogens with zero attached hydrogens (tertiary/aromatic N) is 4. The van der Waals surface area contributed by atoms with Gasteiger partial charge >= 0.3 is 12.2 Å². The van der Waals surface area contributed by atoms with Crippen LogP contribution in [0.25, 0.3) is 10.9 Å². The Kier molecular flexibility index (Phi) is 7.02. The number of amides is 1. The molecule has 4 aromatic rings. The fraction of sp³-hybridized carbons (Fsp3) is 0.269. The Morgan fingerprint density at radius 2 is 2.03 bits per heavy atom. The van der Waals surface area contributed by atoms with Gasteiger partial charge in [0.15, 0.2) is 0 Å². The molecule has 5 rings (SSSR count). The molecule has 0 aliphatic carbocycles. The van der Waals surface area contributed by atoms with Gasteiger partial charge < -0.3 is 20.9 Å². The molecule has 2 unspecified atom stereocenters. The van der Waals surface area contributed by atoms with Crippen LogP contribution in [0.3, 0.4) is 0 Å². The predicted molar refractivity (Wildman–Crippen MR) is 134 cm³/mol. The number of aromatic nitrogens is 3. The number of carbonyl (C=O) groups is 1. The van der Waals surface area contributed by atoms with Gasteiger partial charge in [0.05, 0.1) is 16.8 Å². The number of likely N-dealkylation sites (tertiary alicyclic amines) is 1. The summed E-state index contributed by atoms with van der Waals surface area (Å²) < 4.78 is 46.2. The largest absolute Gasteiger partial charge is 0.439 e. The Labute approximate surface area is 215 Å². The fourth-order valence-corrected chi connectivity index (χ4v) is 4.60. The van der Waals surface area contributed by atoms with Crippen LogP contribution in [-0.2, 0) is 12.7 Å². The smallest absolute Gasteiger partial charge is 0.416 e. The Morgan fingerprint density at radius 1 is 1.18 bits per heavy atom. The van der Waals surface area contributed by atoms with Gasteiger partial charge in [0.1, 0.15) is 18.3 Å². The highest BCUT2D eigenvalue weighted by Gasteiger charge is 2.31. The second-order valence-corrected chi connectivity index (χ2v) is 9.04. The summed E-state index contributed by atoms with van der Waals surface area (Å²) in [6, 6.07) is 12.2. The lowest BCUT2D eigenvalue weighted by Crippen LogP contribution is -2.43. The van der Waals surface area contributed by atoms with Crippen LogP contribution in [0.2, 0.25) is 0 Å². The van der Waals surface area contributed by atoms with E-state index in [2.05, 4.69) is 20.2 Å². The predicted octanol–water partition coefficient (Wildman–Crippen LogP) is 4.56. The zero-order valence-corrected chi connectivity index (χ0v) is 20.1. The van der Waals surface area contributed by atoms with E-state index in [4.69, 9.17) is 10.5 Å². The van der Waals surface area contributed by atoms with E-state index in [1.54, 1.807) is 30.3 Å². The third-order valence-electron chi connectivity index (χ3n) is 6.42. The molecule has 1 amide bonds. The molecule has 9 nitrogen and oxygen atoms in total. The molecule has 1 saturated heterocycles. The van der Waals surface area contributed by atoms with E-state index < -0.39 is 24.0 Å². The standard InChI is InChI=1S/C26H25F3N6O3/c27-26(28,29)17-3-1-4-18(12-17)33-25(37)35-10-8-16-11-20(6-7-21(16)35)38-23-13-19(31-15-32-23)14-34-9-2-5-22(34)24(30)36/h1,3-4,6-8,10-13,15,22,24,36H,2,5,9,14,30H2,(H,33,37). The monoisotopic (exact) mass is 526 g/mol. The van der Waals surface area contributed by atoms with Crippen LogP contribution in [0.1, 0.15) is 24.1 Å². The maximum atomic E-state index is 13.0. The third kappa shape index (κ3) is 5.62. The summed E-state index contributed by atoms with van der Waals surface area (Å²) in [6.45, 7) is 1.31. The van der Waals surface area contributed by atoms with Crippen LogP contribution in [0.15, 0.2) is 67.1 Å². The van der Waals surface area contributed by atoms with Crippen molar-refractivity contribution in [3.05, 3.63) is 78.4 Å². The molecule has 12 heteroatoms. The van der Waals surface area contributed by atoms with Crippen molar-refractivity contribution in [2.75, 3.05) is 11.9 Å². The van der Waals surface area contributed by atoms with E-state index in [0.29, 0.717) is 29.1 Å². The first-order valence-corrected chi connectivity index (χ1v) is 11.9. The Balaban J connectivity index is 1.28. The molecule has 0 radical (unpaired) electrons. The quantitative estimate of drug-likeness (QED) is 0.315. The van der Waals surface area contributed by atoms with Gasteiger partial charge in [0.25, 0.3) is 0 Å². The Morgan fingerprint density at radius 3 is 2.82 bits per heavy atom. The number of hydrogen-bond acceptors (Lipinski definition) is 7. The third-order valence-corrected chi connectivity index (χ3v) is 6.42. The number of aliphatic hydroxyl groups is 1. The van der Waals surface area contributed by atoms with E-state index in [0.717, 1.165) is 37.2 Å². The minimum Gasteiger partial charge on any atom is -0.439 e. The summed E-state index contributed by atoms with van der Waals surface area (Å²) in [5.41, 5.74) is 6.15. The number of hydrogen-bond donors (Lipinski definition) is 3. The molecule has 2 aromatic heterocycles. The van der Waals surface area contributed by atoms with Crippen LogP contribution < -0.4 is 15.8 Å². The normalized spacial score (nSPS) is 17.0. The number of anilines is 1. The molecule has 3 heterocycles. The molecule has 2 aromatic carbocycles. The Hall–Kier alpha value is -4.00. The molecule has 2 atom stereocenters. The van der Waals surface area contributed by atoms with Crippen molar-refractivity contribution in [1.82, 2.24) is 19.4 Å². The van der Waals surface area contributed by atoms with Gasteiger partial charge in [-0.2, -0.15) is 13.2 Å². The summed E-state index contributed by atoms with van der Waals surface area (Å²) in [7, 11) is 0. The van der Waals surface area contributed by atoms with E-state index in [9.17, 15) is 23.1 Å². The number of benzene rings is 2. The number of ether oxygens (including phenoxy) is 1. The van der Waals surface area contributed by atoms with Gasteiger partial charge in [-0.1, -0.05) is 6.07 Å². The summed E-state index contributed by atoms with van der Waals surface area (Å²) in [5, 5.41) is 13.0. The van der Waals surface area contributed by atoms with Crippen molar-refractivity contribution in [1.29, 1.82) is 0 Å². The zero-order valence-electron chi connectivity index (χ0n) is 20.1. The summed E-state index contributed by atoms with van der Waals surface area (Å²) >= 11 is 0. The molecule has 0 saturated carbocycles. The number of nitrogens with two attached hydrogens (primary N) is 1. The zero-order chi connectivity index (χ0) is 26.9. The van der Waals surface area contributed by atoms with Crippen LogP contribution >= 0.6 is 0 Å². The number of fused-ring (bicyclic) bond motifs is 1. The van der Waals surface area contributed by atoms with Crippen molar-refractivity contribution in [3.8, 4) is 11.6 Å². The number of nitrogens with one attached hydrogen (secondary N) is 1. The molecular weight excluding hydrogens is 501 g/mol. The molecule has 1 aliphatic rings. The molecular formula is C26H25F3N6O3. The van der Waals surface area contributed by atoms with Crippen LogP contribution in [0.4, 0.5) is 23.7 Å². The molecule has 4 N–H and O–H groups in total. The van der Waals surface area contributed by atoms with Gasteiger partial charge in [-0.15, -0.1) is 0 Å². The van der Waals surface area contributed by atoms with Crippen LogP contribution in [0.5, 0.6) is 11.6 Å². The Bertz CT molecular complexity index is 1460. The minimum absolute atomic E-state index is 0.0346. The molecule has 1 fully saturated rings. The lowest BCUT2D eigenvalue weighted by atomic mass is 10.2. The first kappa shape index (κ1) is 25.6. The second-order valence-electron chi connectivity index (χ2n) is 9.04. The maximum Gasteiger partial charge on any atom is 0.416 e. The van der Waals surface area contributed by atoms with Crippen molar-refractivity contribution in [2.45, 2.75) is 37.8 Å². The van der Waals surface area contributed by atoms with E-state index in [-0.39, 0.29) is 11.7 Å². The lowest BCUT2D eigenvalue weighted by Gasteiger charge is -2.25. The average molecular weight is 527 g/mol. The second kappa shape index (κ2) is 10.4. The molecule has 0 spiro atoms. The molecule has 0 bridgehead atoms. The SMILES string of the molecule is NC(O)C1CCCN1Cc1cc(Oc2ccc3c(ccn3C(=O)Nc3cccc(C(F)(F)F)c3)c2)ncn1. The highest BCUT2D eigenvalue weighted by molar-refractivity contribution is 5.98. The van der Waals surface area contributed by atoms with E-state index in [1.165, 1.54) is 29.2 Å². The average Bonchev–Trinajstić information content (AvgIpc) is 3.51. The van der Waals surface area contributed by atoms with E-state index >= 15 is 0 Å². The van der Waals surface area contributed by atoms with Crippen LogP contribution in [0, 0.1) is 0 Å². The van der Waals surface area contributed by atoms with Gasteiger partial charge in [-0.3, -0.25) is 9.47 Å². The van der Waals surface area contributed by atoms with Crippen molar-refractivity contribution in [2.24, 2.45) is 5.73 Å². The van der Waals surface area contributed by atoms with Crippen LogP contribution in [-0.4, -0.2) is 49.4 Å². The highest BCUT2D eigenvalue weighted by atomic mass is 19.4. The maximum absolute atomic E-state index is 13.0. The summed E-state index contributed by atoms with van der Waals surface area (Å²) in [6.07, 6.45) is -0.721. The van der Waals surface area contributed by atoms with Gasteiger partial charge in [0.2, 0.25) is 5.88 Å². The van der Waals surface area contributed by atoms with E-state index in [1.807, 2.05) is 0 Å². The molecule has 1 aliphatic heterocycles. The van der Waals surface area contributed by atoms with Crippen molar-refractivity contribution >= 4 is 22.6 Å². The first-order chi connectivity index (χ1) is 18.2. The number of halogens is 3. The lowest BCUT2D eigenvalue weighted by molar-refractivity contribution is -0.137. The first-order valence-electron chi connectivity index (χ1n) is 11.9. The molecule has 198 valence electrons. The topological polar surface area (TPSA) is 119 Å². The van der Waals surface area contributed by atoms with Gasteiger partial charge in [-0.05, 0) is 61.9 Å². The fourth-order valence-electron chi connectivity index (χ4n) is 4.60. The summed E-state index contributed by atoms with van der Waals surface area (Å²) in [4.78, 5) is 23.3. The number of aliphatic hydroxyl groups excluding tert-OH is 1. The van der Waals surface area contributed by atoms with Crippen molar-refractivity contribution in [3.63, 3.8) is 0 Å². The number of rotatable bonds is 6. The molecule has 38 heavy (non-hydrogen) atoms. The van der Waals surface area contributed by atoms with Gasteiger partial charge in [-0.25, -0.2) is 14.8 Å². The number of alkyl halides is 3. The minimum atomic E-state index is -4.51. The number of carbonyl (C=O) groups excluding carboxylic acids is 1. The highest BCUT2D eigenvalue weighted by Crippen LogP contribution is 2.31. The van der Waals surface area contributed by atoms with Gasteiger partial charge in [0, 0.05) is 35.9 Å². The van der Waals surface area contributed by atoms with Crippen molar-refractivity contribution < 1.29 is 27.8 Å².